The molecule has 5 aromatic rings. The average Bonchev–Trinajstić information content (AvgIpc) is 3.43. The van der Waals surface area contributed by atoms with Gasteiger partial charge < -0.3 is 14.8 Å². The Morgan fingerprint density at radius 1 is 0.906 bits per heavy atom. The molecule has 1 aliphatic heterocycles. The van der Waals surface area contributed by atoms with Gasteiger partial charge in [-0.15, -0.1) is 0 Å². The molecule has 0 spiro atoms. The Kier molecular flexibility index (Phi) is 4.43. The molecule has 0 radical (unpaired) electrons. The second-order valence-electron chi connectivity index (χ2n) is 8.59. The molecule has 0 bridgehead atoms. The van der Waals surface area contributed by atoms with E-state index in [0.29, 0.717) is 0 Å². The fourth-order valence-electron chi connectivity index (χ4n) is 4.59. The van der Waals surface area contributed by atoms with E-state index in [0.717, 1.165) is 76.3 Å². The Balaban J connectivity index is 1.45. The van der Waals surface area contributed by atoms with Crippen LogP contribution in [0.4, 0.5) is 5.82 Å². The molecule has 6 rings (SSSR count). The summed E-state index contributed by atoms with van der Waals surface area (Å²) >= 11 is 0. The molecule has 7 nitrogen and oxygen atoms in total. The number of nitrogens with one attached hydrogen (secondary N) is 2. The summed E-state index contributed by atoms with van der Waals surface area (Å²) < 4.78 is 0. The van der Waals surface area contributed by atoms with Crippen molar-refractivity contribution < 1.29 is 0 Å². The molecule has 160 valence electrons. The highest BCUT2D eigenvalue weighted by Crippen LogP contribution is 2.34. The van der Waals surface area contributed by atoms with E-state index in [1.165, 1.54) is 5.56 Å². The van der Waals surface area contributed by atoms with Crippen molar-refractivity contribution in [1.29, 1.82) is 0 Å². The lowest BCUT2D eigenvalue weighted by Crippen LogP contribution is -2.44. The van der Waals surface area contributed by atoms with Crippen LogP contribution in [0.15, 0.2) is 55.0 Å². The van der Waals surface area contributed by atoms with Gasteiger partial charge >= 0.3 is 0 Å². The molecule has 1 aromatic carbocycles. The number of nitrogens with zero attached hydrogens (tertiary/aromatic N) is 5. The molecule has 5 heterocycles. The number of fused-ring (bicyclic) bond motifs is 2. The second-order valence-corrected chi connectivity index (χ2v) is 8.59. The number of hydrogen-bond acceptors (Lipinski definition) is 5. The third-order valence-corrected chi connectivity index (χ3v) is 6.50. The zero-order valence-corrected chi connectivity index (χ0v) is 18.3. The number of anilines is 1. The van der Waals surface area contributed by atoms with Crippen molar-refractivity contribution in [1.82, 2.24) is 30.0 Å². The Hall–Kier alpha value is -3.71. The highest BCUT2D eigenvalue weighted by molar-refractivity contribution is 6.00. The smallest absolute Gasteiger partial charge is 0.138 e. The van der Waals surface area contributed by atoms with Gasteiger partial charge in [-0.3, -0.25) is 10.1 Å². The van der Waals surface area contributed by atoms with Gasteiger partial charge in [0.15, 0.2) is 0 Å². The van der Waals surface area contributed by atoms with Gasteiger partial charge in [0.05, 0.1) is 16.7 Å². The number of aryl methyl sites for hydroxylation is 1. The van der Waals surface area contributed by atoms with Gasteiger partial charge in [0.2, 0.25) is 0 Å². The molecular formula is C25H25N7. The summed E-state index contributed by atoms with van der Waals surface area (Å²) in [6.07, 6.45) is 5.65. The minimum absolute atomic E-state index is 0.920. The van der Waals surface area contributed by atoms with Crippen molar-refractivity contribution in [2.75, 3.05) is 38.1 Å². The lowest BCUT2D eigenvalue weighted by Gasteiger charge is -2.33. The fraction of sp³-hybridized carbons (Fsp3) is 0.240. The summed E-state index contributed by atoms with van der Waals surface area (Å²) in [4.78, 5) is 17.4. The average molecular weight is 424 g/mol. The number of pyridine rings is 2. The summed E-state index contributed by atoms with van der Waals surface area (Å²) in [5.41, 5.74) is 7.50. The van der Waals surface area contributed by atoms with Crippen LogP contribution in [0.25, 0.3) is 44.3 Å². The first kappa shape index (κ1) is 19.0. The number of benzene rings is 1. The molecule has 1 aliphatic rings. The van der Waals surface area contributed by atoms with E-state index in [1.54, 1.807) is 0 Å². The Bertz CT molecular complexity index is 1420. The standard InChI is InChI=1S/C25H25N7/c1-16-5-7-26-15-20(16)17-3-4-22-18(13-17)24(30-29-22)23-14-19-21(28-23)6-8-27-25(19)32-11-9-31(2)10-12-32/h3-8,13-15,28H,9-12H2,1-2H3,(H,29,30). The summed E-state index contributed by atoms with van der Waals surface area (Å²) in [6, 6.07) is 12.7. The first-order chi connectivity index (χ1) is 15.7. The van der Waals surface area contributed by atoms with Gasteiger partial charge in [0, 0.05) is 61.1 Å². The van der Waals surface area contributed by atoms with Crippen LogP contribution in [0.2, 0.25) is 0 Å². The van der Waals surface area contributed by atoms with Gasteiger partial charge in [-0.05, 0) is 55.4 Å². The Morgan fingerprint density at radius 2 is 1.78 bits per heavy atom. The minimum Gasteiger partial charge on any atom is -0.353 e. The minimum atomic E-state index is 0.920. The Labute approximate surface area is 186 Å². The van der Waals surface area contributed by atoms with E-state index >= 15 is 0 Å². The SMILES string of the molecule is Cc1ccncc1-c1ccc2[nH]nc(-c3cc4c(N5CCN(C)CC5)nccc4[nH]3)c2c1. The van der Waals surface area contributed by atoms with Gasteiger partial charge in [0.1, 0.15) is 11.5 Å². The number of hydrogen-bond donors (Lipinski definition) is 2. The summed E-state index contributed by atoms with van der Waals surface area (Å²) in [5, 5.41) is 10.1. The molecule has 7 heteroatoms. The number of piperazine rings is 1. The molecule has 1 fully saturated rings. The molecule has 0 aliphatic carbocycles. The topological polar surface area (TPSA) is 76.7 Å². The van der Waals surface area contributed by atoms with Crippen LogP contribution in [-0.4, -0.2) is 63.3 Å². The zero-order valence-electron chi connectivity index (χ0n) is 18.3. The van der Waals surface area contributed by atoms with E-state index in [1.807, 2.05) is 30.7 Å². The van der Waals surface area contributed by atoms with Gasteiger partial charge in [-0.25, -0.2) is 4.98 Å². The third-order valence-electron chi connectivity index (χ3n) is 6.50. The molecule has 0 unspecified atom stereocenters. The first-order valence-corrected chi connectivity index (χ1v) is 11.0. The number of rotatable bonds is 3. The second kappa shape index (κ2) is 7.46. The normalized spacial score (nSPS) is 15.1. The van der Waals surface area contributed by atoms with Crippen molar-refractivity contribution in [3.8, 4) is 22.5 Å². The first-order valence-electron chi connectivity index (χ1n) is 11.0. The highest BCUT2D eigenvalue weighted by Gasteiger charge is 2.20. The Morgan fingerprint density at radius 3 is 2.62 bits per heavy atom. The van der Waals surface area contributed by atoms with Crippen LogP contribution in [0.3, 0.4) is 0 Å². The number of H-pyrrole nitrogens is 2. The quantitative estimate of drug-likeness (QED) is 0.454. The van der Waals surface area contributed by atoms with Crippen molar-refractivity contribution >= 4 is 27.6 Å². The fourth-order valence-corrected chi connectivity index (χ4v) is 4.59. The number of aromatic amines is 2. The van der Waals surface area contributed by atoms with Gasteiger partial charge in [-0.2, -0.15) is 5.10 Å². The molecule has 32 heavy (non-hydrogen) atoms. The summed E-state index contributed by atoms with van der Waals surface area (Å²) in [5.74, 6) is 1.05. The van der Waals surface area contributed by atoms with E-state index < -0.39 is 0 Å². The van der Waals surface area contributed by atoms with E-state index in [2.05, 4.69) is 68.2 Å². The predicted molar refractivity (Wildman–Crippen MR) is 129 cm³/mol. The van der Waals surface area contributed by atoms with E-state index in [4.69, 9.17) is 4.98 Å². The van der Waals surface area contributed by atoms with Crippen LogP contribution in [-0.2, 0) is 0 Å². The lowest BCUT2D eigenvalue weighted by atomic mass is 10.0. The van der Waals surface area contributed by atoms with E-state index in [-0.39, 0.29) is 0 Å². The van der Waals surface area contributed by atoms with Crippen LogP contribution in [0, 0.1) is 6.92 Å². The van der Waals surface area contributed by atoms with Crippen LogP contribution in [0.5, 0.6) is 0 Å². The predicted octanol–water partition coefficient (Wildman–Crippen LogP) is 4.23. The third kappa shape index (κ3) is 3.13. The molecule has 4 aromatic heterocycles. The maximum atomic E-state index is 4.73. The van der Waals surface area contributed by atoms with Crippen molar-refractivity contribution in [3.63, 3.8) is 0 Å². The highest BCUT2D eigenvalue weighted by atomic mass is 15.3. The van der Waals surface area contributed by atoms with Gasteiger partial charge in [-0.1, -0.05) is 6.07 Å². The monoisotopic (exact) mass is 423 g/mol. The number of likely N-dealkylation sites (N-methyl/N-ethyl adjacent to an activating group) is 1. The molecular weight excluding hydrogens is 398 g/mol. The molecule has 0 saturated carbocycles. The maximum absolute atomic E-state index is 4.73. The lowest BCUT2D eigenvalue weighted by molar-refractivity contribution is 0.312. The molecule has 2 N–H and O–H groups in total. The van der Waals surface area contributed by atoms with Crippen LogP contribution < -0.4 is 4.90 Å². The molecule has 0 atom stereocenters. The largest absolute Gasteiger partial charge is 0.353 e. The summed E-state index contributed by atoms with van der Waals surface area (Å²) in [6.45, 7) is 6.19. The molecule has 1 saturated heterocycles. The van der Waals surface area contributed by atoms with Crippen LogP contribution >= 0.6 is 0 Å². The zero-order chi connectivity index (χ0) is 21.7. The van der Waals surface area contributed by atoms with Crippen molar-refractivity contribution in [3.05, 3.63) is 60.6 Å². The number of aromatic nitrogens is 5. The van der Waals surface area contributed by atoms with Crippen molar-refractivity contribution in [2.45, 2.75) is 6.92 Å². The summed E-state index contributed by atoms with van der Waals surface area (Å²) in [7, 11) is 2.17. The van der Waals surface area contributed by atoms with E-state index in [9.17, 15) is 0 Å². The van der Waals surface area contributed by atoms with Crippen LogP contribution in [0.1, 0.15) is 5.56 Å². The van der Waals surface area contributed by atoms with Crippen molar-refractivity contribution in [2.24, 2.45) is 0 Å². The van der Waals surface area contributed by atoms with Gasteiger partial charge in [0.25, 0.3) is 0 Å². The molecule has 0 amide bonds. The maximum Gasteiger partial charge on any atom is 0.138 e.